The summed E-state index contributed by atoms with van der Waals surface area (Å²) in [6.45, 7) is 1.82. The summed E-state index contributed by atoms with van der Waals surface area (Å²) < 4.78 is 31.6. The highest BCUT2D eigenvalue weighted by Crippen LogP contribution is 2.31. The van der Waals surface area contributed by atoms with Crippen LogP contribution >= 0.6 is 0 Å². The molecule has 0 aromatic heterocycles. The van der Waals surface area contributed by atoms with E-state index >= 15 is 0 Å². The van der Waals surface area contributed by atoms with Crippen molar-refractivity contribution in [2.24, 2.45) is 0 Å². The standard InChI is InChI=1S/C12H20F2N2O3/c13-12(14)7-10(8-17)16(9-12)2-1-11(18)15-3-5-19-6-4-15/h10,17H,1-9H2. The number of ether oxygens (including phenoxy) is 1. The number of alkyl halides is 2. The number of rotatable bonds is 4. The van der Waals surface area contributed by atoms with Crippen LogP contribution in [-0.2, 0) is 9.53 Å². The number of likely N-dealkylation sites (tertiary alicyclic amines) is 1. The molecule has 5 nitrogen and oxygen atoms in total. The highest BCUT2D eigenvalue weighted by Gasteiger charge is 2.44. The number of halogens is 2. The van der Waals surface area contributed by atoms with Crippen molar-refractivity contribution < 1.29 is 23.4 Å². The van der Waals surface area contributed by atoms with Gasteiger partial charge in [-0.15, -0.1) is 0 Å². The SMILES string of the molecule is O=C(CCN1CC(F)(F)CC1CO)N1CCOCC1. The van der Waals surface area contributed by atoms with Crippen molar-refractivity contribution >= 4 is 5.91 Å². The normalized spacial score (nSPS) is 27.7. The quantitative estimate of drug-likeness (QED) is 0.782. The van der Waals surface area contributed by atoms with E-state index in [-0.39, 0.29) is 38.4 Å². The number of aliphatic hydroxyl groups is 1. The molecule has 1 unspecified atom stereocenters. The van der Waals surface area contributed by atoms with Gasteiger partial charge < -0.3 is 14.7 Å². The van der Waals surface area contributed by atoms with E-state index in [0.717, 1.165) is 0 Å². The first-order valence-corrected chi connectivity index (χ1v) is 6.60. The van der Waals surface area contributed by atoms with Crippen LogP contribution in [0.2, 0.25) is 0 Å². The molecule has 0 radical (unpaired) electrons. The molecule has 1 amide bonds. The van der Waals surface area contributed by atoms with Gasteiger partial charge in [0.05, 0.1) is 26.4 Å². The fraction of sp³-hybridized carbons (Fsp3) is 0.917. The van der Waals surface area contributed by atoms with Crippen molar-refractivity contribution in [3.63, 3.8) is 0 Å². The molecule has 2 aliphatic heterocycles. The van der Waals surface area contributed by atoms with Crippen LogP contribution in [0, 0.1) is 0 Å². The number of carbonyl (C=O) groups excluding carboxylic acids is 1. The molecule has 110 valence electrons. The number of morpholine rings is 1. The molecule has 0 spiro atoms. The van der Waals surface area contributed by atoms with E-state index in [1.165, 1.54) is 4.90 Å². The summed E-state index contributed by atoms with van der Waals surface area (Å²) in [7, 11) is 0. The van der Waals surface area contributed by atoms with E-state index in [1.807, 2.05) is 0 Å². The van der Waals surface area contributed by atoms with Crippen molar-refractivity contribution in [2.45, 2.75) is 24.8 Å². The summed E-state index contributed by atoms with van der Waals surface area (Å²) in [5.41, 5.74) is 0. The first-order chi connectivity index (χ1) is 9.02. The van der Waals surface area contributed by atoms with Gasteiger partial charge in [0.1, 0.15) is 0 Å². The summed E-state index contributed by atoms with van der Waals surface area (Å²) in [6.07, 6.45) is -0.109. The maximum atomic E-state index is 13.2. The second-order valence-corrected chi connectivity index (χ2v) is 5.11. The Labute approximate surface area is 111 Å². The molecule has 2 rings (SSSR count). The highest BCUT2D eigenvalue weighted by molar-refractivity contribution is 5.76. The number of amides is 1. The molecule has 19 heavy (non-hydrogen) atoms. The molecule has 1 atom stereocenters. The average molecular weight is 278 g/mol. The summed E-state index contributed by atoms with van der Waals surface area (Å²) in [4.78, 5) is 15.1. The van der Waals surface area contributed by atoms with E-state index in [1.54, 1.807) is 4.90 Å². The minimum Gasteiger partial charge on any atom is -0.395 e. The van der Waals surface area contributed by atoms with Crippen LogP contribution in [0.1, 0.15) is 12.8 Å². The maximum Gasteiger partial charge on any atom is 0.262 e. The zero-order chi connectivity index (χ0) is 13.9. The number of aliphatic hydroxyl groups excluding tert-OH is 1. The minimum atomic E-state index is -2.75. The molecule has 0 aromatic carbocycles. The first kappa shape index (κ1) is 14.6. The third-order valence-corrected chi connectivity index (χ3v) is 3.67. The summed E-state index contributed by atoms with van der Waals surface area (Å²) >= 11 is 0. The van der Waals surface area contributed by atoms with Gasteiger partial charge >= 0.3 is 0 Å². The van der Waals surface area contributed by atoms with Gasteiger partial charge in [0.15, 0.2) is 0 Å². The zero-order valence-electron chi connectivity index (χ0n) is 10.9. The van der Waals surface area contributed by atoms with E-state index in [4.69, 9.17) is 9.84 Å². The zero-order valence-corrected chi connectivity index (χ0v) is 10.9. The van der Waals surface area contributed by atoms with Crippen molar-refractivity contribution in [1.82, 2.24) is 9.80 Å². The molecule has 2 saturated heterocycles. The van der Waals surface area contributed by atoms with Gasteiger partial charge in [0.25, 0.3) is 5.92 Å². The molecule has 7 heteroatoms. The lowest BCUT2D eigenvalue weighted by molar-refractivity contribution is -0.135. The Kier molecular flexibility index (Phi) is 4.70. The summed E-state index contributed by atoms with van der Waals surface area (Å²) in [5.74, 6) is -2.79. The number of hydrogen-bond acceptors (Lipinski definition) is 4. The third kappa shape index (κ3) is 3.84. The van der Waals surface area contributed by atoms with Crippen LogP contribution in [0.15, 0.2) is 0 Å². The Morgan fingerprint density at radius 1 is 1.37 bits per heavy atom. The van der Waals surface area contributed by atoms with E-state index in [9.17, 15) is 13.6 Å². The fourth-order valence-corrected chi connectivity index (χ4v) is 2.62. The third-order valence-electron chi connectivity index (χ3n) is 3.67. The molecular formula is C12H20F2N2O3. The van der Waals surface area contributed by atoms with Crippen molar-refractivity contribution in [1.29, 1.82) is 0 Å². The number of nitrogens with zero attached hydrogens (tertiary/aromatic N) is 2. The van der Waals surface area contributed by atoms with Crippen LogP contribution in [0.4, 0.5) is 8.78 Å². The van der Waals surface area contributed by atoms with E-state index < -0.39 is 12.0 Å². The Hall–Kier alpha value is -0.790. The minimum absolute atomic E-state index is 0.0322. The van der Waals surface area contributed by atoms with Gasteiger partial charge in [0.2, 0.25) is 5.91 Å². The number of carbonyl (C=O) groups is 1. The predicted molar refractivity (Wildman–Crippen MR) is 64.0 cm³/mol. The number of hydrogen-bond donors (Lipinski definition) is 1. The van der Waals surface area contributed by atoms with Crippen molar-refractivity contribution in [3.05, 3.63) is 0 Å². The maximum absolute atomic E-state index is 13.2. The van der Waals surface area contributed by atoms with Crippen molar-refractivity contribution in [3.8, 4) is 0 Å². The second-order valence-electron chi connectivity index (χ2n) is 5.11. The fourth-order valence-electron chi connectivity index (χ4n) is 2.62. The molecule has 2 aliphatic rings. The monoisotopic (exact) mass is 278 g/mol. The lowest BCUT2D eigenvalue weighted by Gasteiger charge is -2.28. The molecule has 0 aliphatic carbocycles. The highest BCUT2D eigenvalue weighted by atomic mass is 19.3. The van der Waals surface area contributed by atoms with Crippen LogP contribution in [0.25, 0.3) is 0 Å². The Balaban J connectivity index is 1.79. The Morgan fingerprint density at radius 3 is 2.68 bits per heavy atom. The van der Waals surface area contributed by atoms with E-state index in [2.05, 4.69) is 0 Å². The topological polar surface area (TPSA) is 53.0 Å². The molecule has 2 heterocycles. The Bertz CT molecular complexity index is 322. The van der Waals surface area contributed by atoms with E-state index in [0.29, 0.717) is 26.3 Å². The Morgan fingerprint density at radius 2 is 2.05 bits per heavy atom. The predicted octanol–water partition coefficient (Wildman–Crippen LogP) is -0.0628. The first-order valence-electron chi connectivity index (χ1n) is 6.60. The second kappa shape index (κ2) is 6.11. The van der Waals surface area contributed by atoms with Gasteiger partial charge in [-0.05, 0) is 0 Å². The average Bonchev–Trinajstić information content (AvgIpc) is 2.71. The molecule has 0 saturated carbocycles. The molecule has 0 aromatic rings. The summed E-state index contributed by atoms with van der Waals surface area (Å²) in [6, 6.07) is -0.535. The lowest BCUT2D eigenvalue weighted by Crippen LogP contribution is -2.43. The van der Waals surface area contributed by atoms with Gasteiger partial charge in [-0.3, -0.25) is 9.69 Å². The lowest BCUT2D eigenvalue weighted by atomic mass is 10.2. The molecule has 1 N–H and O–H groups in total. The van der Waals surface area contributed by atoms with Gasteiger partial charge in [-0.2, -0.15) is 0 Å². The van der Waals surface area contributed by atoms with Gasteiger partial charge in [-0.25, -0.2) is 8.78 Å². The van der Waals surface area contributed by atoms with Crippen LogP contribution in [-0.4, -0.2) is 78.8 Å². The molecular weight excluding hydrogens is 258 g/mol. The van der Waals surface area contributed by atoms with Gasteiger partial charge in [-0.1, -0.05) is 0 Å². The smallest absolute Gasteiger partial charge is 0.262 e. The van der Waals surface area contributed by atoms with Crippen LogP contribution in [0.5, 0.6) is 0 Å². The summed E-state index contributed by atoms with van der Waals surface area (Å²) in [5, 5.41) is 9.10. The van der Waals surface area contributed by atoms with Gasteiger partial charge in [0, 0.05) is 38.5 Å². The van der Waals surface area contributed by atoms with Crippen LogP contribution in [0.3, 0.4) is 0 Å². The molecule has 2 fully saturated rings. The van der Waals surface area contributed by atoms with Crippen molar-refractivity contribution in [2.75, 3.05) is 46.0 Å². The van der Waals surface area contributed by atoms with Crippen LogP contribution < -0.4 is 0 Å². The largest absolute Gasteiger partial charge is 0.395 e. The molecule has 0 bridgehead atoms.